The van der Waals surface area contributed by atoms with Crippen LogP contribution in [0.2, 0.25) is 0 Å². The lowest BCUT2D eigenvalue weighted by atomic mass is 9.81. The number of benzene rings is 2. The largest absolute Gasteiger partial charge is 0.496 e. The average molecular weight is 412 g/mol. The fraction of sp³-hybridized carbons (Fsp3) is 0.100. The van der Waals surface area contributed by atoms with Crippen molar-refractivity contribution in [3.8, 4) is 5.75 Å². The second-order valence-electron chi connectivity index (χ2n) is 6.22. The molecule has 0 aliphatic carbocycles. The molecule has 0 unspecified atom stereocenters. The van der Waals surface area contributed by atoms with Crippen LogP contribution in [0.25, 0.3) is 5.76 Å². The van der Waals surface area contributed by atoms with E-state index in [1.807, 2.05) is 0 Å². The molecule has 1 heterocycles. The zero-order valence-electron chi connectivity index (χ0n) is 15.6. The van der Waals surface area contributed by atoms with Crippen molar-refractivity contribution in [3.05, 3.63) is 86.8 Å². The van der Waals surface area contributed by atoms with E-state index in [2.05, 4.69) is 0 Å². The molecule has 30 heavy (non-hydrogen) atoms. The quantitative estimate of drug-likeness (QED) is 0.478. The van der Waals surface area contributed by atoms with Crippen LogP contribution in [0.15, 0.2) is 65.6 Å². The van der Waals surface area contributed by atoms with E-state index in [0.29, 0.717) is 5.75 Å². The number of nitrogens with zero attached hydrogens (tertiary/aromatic N) is 1. The number of ether oxygens (including phenoxy) is 2. The van der Waals surface area contributed by atoms with Gasteiger partial charge in [-0.15, -0.1) is 0 Å². The molecule has 4 N–H and O–H groups in total. The van der Waals surface area contributed by atoms with Crippen LogP contribution in [0.3, 0.4) is 0 Å². The molecule has 1 aliphatic rings. The molecule has 2 aromatic rings. The molecule has 3 rings (SSSR count). The standard InChI is InChI=1S/C20H16N2O8/c1-29-13-5-3-2-4-12(13)17-15(19(23)24)14(16(20(25)26)18(21)30-17)10-6-8-11(9-7-10)22(27)28/h2-9,14H,21H2,1H3,(H,23,24)(H,25,26)/t14-/m0/s1. The van der Waals surface area contributed by atoms with Crippen LogP contribution in [0.4, 0.5) is 5.69 Å². The van der Waals surface area contributed by atoms with E-state index in [0.717, 1.165) is 12.1 Å². The molecular formula is C20H16N2O8. The van der Waals surface area contributed by atoms with Crippen LogP contribution in [0.5, 0.6) is 5.75 Å². The fourth-order valence-electron chi connectivity index (χ4n) is 3.24. The Balaban J connectivity index is 2.30. The lowest BCUT2D eigenvalue weighted by Gasteiger charge is -2.28. The zero-order chi connectivity index (χ0) is 22.0. The highest BCUT2D eigenvalue weighted by molar-refractivity contribution is 6.03. The number of nitrogens with two attached hydrogens (primary N) is 1. The number of non-ortho nitro benzene ring substituents is 1. The van der Waals surface area contributed by atoms with Gasteiger partial charge in [-0.3, -0.25) is 10.1 Å². The number of hydrogen-bond acceptors (Lipinski definition) is 7. The highest BCUT2D eigenvalue weighted by atomic mass is 16.6. The molecule has 1 aliphatic heterocycles. The summed E-state index contributed by atoms with van der Waals surface area (Å²) in [7, 11) is 1.39. The van der Waals surface area contributed by atoms with Gasteiger partial charge in [0.2, 0.25) is 5.88 Å². The summed E-state index contributed by atoms with van der Waals surface area (Å²) < 4.78 is 10.7. The first-order chi connectivity index (χ1) is 14.3. The van der Waals surface area contributed by atoms with Gasteiger partial charge in [0.05, 0.1) is 29.1 Å². The van der Waals surface area contributed by atoms with Crippen molar-refractivity contribution in [2.45, 2.75) is 5.92 Å². The highest BCUT2D eigenvalue weighted by Gasteiger charge is 2.41. The molecule has 10 nitrogen and oxygen atoms in total. The first kappa shape index (κ1) is 20.4. The summed E-state index contributed by atoms with van der Waals surface area (Å²) in [5.74, 6) is -4.63. The molecule has 0 radical (unpaired) electrons. The molecule has 10 heteroatoms. The minimum absolute atomic E-state index is 0.175. The Hall–Kier alpha value is -4.34. The lowest BCUT2D eigenvalue weighted by molar-refractivity contribution is -0.384. The summed E-state index contributed by atoms with van der Waals surface area (Å²) in [6, 6.07) is 11.3. The maximum Gasteiger partial charge on any atom is 0.337 e. The normalized spacial score (nSPS) is 16.1. The van der Waals surface area contributed by atoms with Gasteiger partial charge >= 0.3 is 11.9 Å². The molecule has 0 aromatic heterocycles. The monoisotopic (exact) mass is 412 g/mol. The Labute approximate surface area is 169 Å². The summed E-state index contributed by atoms with van der Waals surface area (Å²) in [6.07, 6.45) is 0. The van der Waals surface area contributed by atoms with E-state index in [1.165, 1.54) is 19.2 Å². The van der Waals surface area contributed by atoms with Crippen LogP contribution < -0.4 is 10.5 Å². The Kier molecular flexibility index (Phi) is 5.41. The van der Waals surface area contributed by atoms with Crippen LogP contribution in [-0.2, 0) is 14.3 Å². The van der Waals surface area contributed by atoms with Crippen molar-refractivity contribution in [2.24, 2.45) is 5.73 Å². The minimum atomic E-state index is -1.48. The zero-order valence-corrected chi connectivity index (χ0v) is 15.6. The molecule has 0 saturated heterocycles. The predicted molar refractivity (Wildman–Crippen MR) is 103 cm³/mol. The number of carboxylic acid groups (broad SMARTS) is 2. The Morgan fingerprint density at radius 1 is 1.07 bits per heavy atom. The van der Waals surface area contributed by atoms with Gasteiger partial charge in [-0.05, 0) is 17.7 Å². The van der Waals surface area contributed by atoms with Crippen molar-refractivity contribution in [1.82, 2.24) is 0 Å². The van der Waals surface area contributed by atoms with E-state index >= 15 is 0 Å². The number of rotatable bonds is 6. The Morgan fingerprint density at radius 3 is 2.20 bits per heavy atom. The molecular weight excluding hydrogens is 396 g/mol. The second kappa shape index (κ2) is 7.95. The number of carbonyl (C=O) groups is 2. The second-order valence-corrected chi connectivity index (χ2v) is 6.22. The molecule has 154 valence electrons. The van der Waals surface area contributed by atoms with Crippen molar-refractivity contribution in [1.29, 1.82) is 0 Å². The van der Waals surface area contributed by atoms with Gasteiger partial charge in [0.15, 0.2) is 5.76 Å². The summed E-state index contributed by atoms with van der Waals surface area (Å²) in [5.41, 5.74) is 5.21. The molecule has 2 aromatic carbocycles. The summed E-state index contributed by atoms with van der Waals surface area (Å²) in [4.78, 5) is 34.4. The van der Waals surface area contributed by atoms with E-state index in [9.17, 15) is 29.9 Å². The van der Waals surface area contributed by atoms with E-state index in [-0.39, 0.29) is 28.1 Å². The molecule has 1 atom stereocenters. The number of hydrogen-bond donors (Lipinski definition) is 3. The maximum atomic E-state index is 12.2. The summed E-state index contributed by atoms with van der Waals surface area (Å²) >= 11 is 0. The number of aliphatic carboxylic acids is 2. The minimum Gasteiger partial charge on any atom is -0.496 e. The van der Waals surface area contributed by atoms with Gasteiger partial charge in [0.1, 0.15) is 11.3 Å². The van der Waals surface area contributed by atoms with Crippen LogP contribution in [0, 0.1) is 10.1 Å². The molecule has 0 spiro atoms. The SMILES string of the molecule is COc1ccccc1C1=C(C(=O)O)[C@H](c2ccc([N+](=O)[O-])cc2)C(C(=O)O)=C(N)O1. The number of nitro benzene ring substituents is 1. The number of nitro groups is 1. The molecule has 0 fully saturated rings. The average Bonchev–Trinajstić information content (AvgIpc) is 2.72. The van der Waals surface area contributed by atoms with Gasteiger partial charge < -0.3 is 25.4 Å². The van der Waals surface area contributed by atoms with Crippen molar-refractivity contribution in [2.75, 3.05) is 7.11 Å². The van der Waals surface area contributed by atoms with Crippen LogP contribution >= 0.6 is 0 Å². The maximum absolute atomic E-state index is 12.2. The van der Waals surface area contributed by atoms with E-state index in [1.54, 1.807) is 24.3 Å². The van der Waals surface area contributed by atoms with Gasteiger partial charge in [-0.25, -0.2) is 9.59 Å². The number of carboxylic acids is 2. The number of methoxy groups -OCH3 is 1. The Bertz CT molecular complexity index is 1100. The van der Waals surface area contributed by atoms with Crippen LogP contribution in [-0.4, -0.2) is 34.2 Å². The van der Waals surface area contributed by atoms with E-state index in [4.69, 9.17) is 15.2 Å². The third-order valence-corrected chi connectivity index (χ3v) is 4.55. The summed E-state index contributed by atoms with van der Waals surface area (Å²) in [6.45, 7) is 0. The van der Waals surface area contributed by atoms with Crippen LogP contribution in [0.1, 0.15) is 17.0 Å². The molecule has 0 amide bonds. The third kappa shape index (κ3) is 3.53. The van der Waals surface area contributed by atoms with E-state index < -0.39 is 34.2 Å². The van der Waals surface area contributed by atoms with Gasteiger partial charge in [0.25, 0.3) is 5.69 Å². The van der Waals surface area contributed by atoms with Crippen molar-refractivity contribution in [3.63, 3.8) is 0 Å². The molecule has 0 bridgehead atoms. The fourth-order valence-corrected chi connectivity index (χ4v) is 3.24. The summed E-state index contributed by atoms with van der Waals surface area (Å²) in [5, 5.41) is 30.6. The third-order valence-electron chi connectivity index (χ3n) is 4.55. The van der Waals surface area contributed by atoms with Gasteiger partial charge in [0, 0.05) is 12.1 Å². The number of para-hydroxylation sites is 1. The van der Waals surface area contributed by atoms with Gasteiger partial charge in [-0.1, -0.05) is 24.3 Å². The van der Waals surface area contributed by atoms with Gasteiger partial charge in [-0.2, -0.15) is 0 Å². The molecule has 0 saturated carbocycles. The van der Waals surface area contributed by atoms with Crippen molar-refractivity contribution < 1.29 is 34.2 Å². The topological polar surface area (TPSA) is 162 Å². The predicted octanol–water partition coefficient (Wildman–Crippen LogP) is 2.47. The highest BCUT2D eigenvalue weighted by Crippen LogP contribution is 2.44. The van der Waals surface area contributed by atoms with Crippen molar-refractivity contribution >= 4 is 23.4 Å². The Morgan fingerprint density at radius 2 is 1.67 bits per heavy atom. The first-order valence-corrected chi connectivity index (χ1v) is 8.52. The first-order valence-electron chi connectivity index (χ1n) is 8.52. The smallest absolute Gasteiger partial charge is 0.337 e. The lowest BCUT2D eigenvalue weighted by Crippen LogP contribution is -2.28.